The number of aromatic nitrogens is 5. The van der Waals surface area contributed by atoms with Crippen LogP contribution in [0.4, 0.5) is 10.2 Å². The maximum Gasteiger partial charge on any atom is 0.256 e. The molecule has 33 heavy (non-hydrogen) atoms. The first-order valence-corrected chi connectivity index (χ1v) is 10.6. The van der Waals surface area contributed by atoms with Gasteiger partial charge in [-0.2, -0.15) is 4.39 Å². The Bertz CT molecular complexity index is 1480. The zero-order valence-corrected chi connectivity index (χ0v) is 18.3. The van der Waals surface area contributed by atoms with E-state index in [-0.39, 0.29) is 18.0 Å². The van der Waals surface area contributed by atoms with E-state index < -0.39 is 5.95 Å². The SMILES string of the molecule is Cc1c(F)nn(Cc2ccc3c(c2)nnn3-c2ccccc2Cl)c1NC(=O)c1ccccc1. The topological polar surface area (TPSA) is 77.6 Å². The van der Waals surface area contributed by atoms with Gasteiger partial charge in [-0.1, -0.05) is 53.2 Å². The number of amides is 1. The van der Waals surface area contributed by atoms with Crippen LogP contribution in [0.3, 0.4) is 0 Å². The van der Waals surface area contributed by atoms with Crippen molar-refractivity contribution in [2.75, 3.05) is 5.32 Å². The smallest absolute Gasteiger partial charge is 0.256 e. The first-order chi connectivity index (χ1) is 16.0. The summed E-state index contributed by atoms with van der Waals surface area (Å²) in [5, 5.41) is 15.8. The molecule has 0 saturated heterocycles. The second kappa shape index (κ2) is 8.48. The Morgan fingerprint density at radius 1 is 1.06 bits per heavy atom. The predicted molar refractivity (Wildman–Crippen MR) is 124 cm³/mol. The molecule has 0 unspecified atom stereocenters. The van der Waals surface area contributed by atoms with E-state index in [2.05, 4.69) is 20.7 Å². The number of nitrogens with zero attached hydrogens (tertiary/aromatic N) is 5. The fourth-order valence-corrected chi connectivity index (χ4v) is 3.82. The summed E-state index contributed by atoms with van der Waals surface area (Å²) in [7, 11) is 0. The number of nitrogens with one attached hydrogen (secondary N) is 1. The molecule has 3 aromatic carbocycles. The van der Waals surface area contributed by atoms with Crippen molar-refractivity contribution in [3.63, 3.8) is 0 Å². The van der Waals surface area contributed by atoms with Crippen molar-refractivity contribution in [1.29, 1.82) is 0 Å². The molecule has 2 heterocycles. The van der Waals surface area contributed by atoms with Crippen molar-refractivity contribution < 1.29 is 9.18 Å². The van der Waals surface area contributed by atoms with E-state index >= 15 is 0 Å². The van der Waals surface area contributed by atoms with Gasteiger partial charge in [0.25, 0.3) is 5.91 Å². The van der Waals surface area contributed by atoms with Crippen molar-refractivity contribution >= 4 is 34.4 Å². The Morgan fingerprint density at radius 2 is 1.82 bits per heavy atom. The molecule has 0 bridgehead atoms. The third-order valence-electron chi connectivity index (χ3n) is 5.32. The summed E-state index contributed by atoms with van der Waals surface area (Å²) >= 11 is 6.30. The molecule has 0 fully saturated rings. The maximum absolute atomic E-state index is 14.3. The van der Waals surface area contributed by atoms with Gasteiger partial charge >= 0.3 is 0 Å². The lowest BCUT2D eigenvalue weighted by molar-refractivity contribution is 0.102. The Balaban J connectivity index is 1.45. The Labute approximate surface area is 193 Å². The predicted octanol–water partition coefficient (Wildman–Crippen LogP) is 5.02. The van der Waals surface area contributed by atoms with Crippen LogP contribution in [0.15, 0.2) is 72.8 Å². The first-order valence-electron chi connectivity index (χ1n) is 10.2. The van der Waals surface area contributed by atoms with Crippen molar-refractivity contribution in [2.24, 2.45) is 0 Å². The molecular formula is C24H18ClFN6O. The van der Waals surface area contributed by atoms with E-state index in [9.17, 15) is 9.18 Å². The molecular weight excluding hydrogens is 443 g/mol. The quantitative estimate of drug-likeness (QED) is 0.399. The number of fused-ring (bicyclic) bond motifs is 1. The average Bonchev–Trinajstić information content (AvgIpc) is 3.36. The molecule has 0 atom stereocenters. The van der Waals surface area contributed by atoms with Crippen molar-refractivity contribution in [3.05, 3.63) is 100 Å². The lowest BCUT2D eigenvalue weighted by Gasteiger charge is -2.10. The van der Waals surface area contributed by atoms with Crippen LogP contribution in [0, 0.1) is 12.9 Å². The van der Waals surface area contributed by atoms with Crippen LogP contribution < -0.4 is 5.32 Å². The monoisotopic (exact) mass is 460 g/mol. The highest BCUT2D eigenvalue weighted by Crippen LogP contribution is 2.25. The van der Waals surface area contributed by atoms with E-state index in [4.69, 9.17) is 11.6 Å². The molecule has 164 valence electrons. The Kier molecular flexibility index (Phi) is 5.35. The Hall–Kier alpha value is -4.04. The second-order valence-corrected chi connectivity index (χ2v) is 7.93. The summed E-state index contributed by atoms with van der Waals surface area (Å²) in [5.41, 5.74) is 3.74. The van der Waals surface area contributed by atoms with Crippen LogP contribution in [-0.2, 0) is 6.54 Å². The summed E-state index contributed by atoms with van der Waals surface area (Å²) in [6.45, 7) is 1.82. The van der Waals surface area contributed by atoms with Gasteiger partial charge in [0.2, 0.25) is 5.95 Å². The van der Waals surface area contributed by atoms with Gasteiger partial charge < -0.3 is 5.32 Å². The van der Waals surface area contributed by atoms with Crippen molar-refractivity contribution in [3.8, 4) is 5.69 Å². The molecule has 0 saturated carbocycles. The summed E-state index contributed by atoms with van der Waals surface area (Å²) in [6, 6.07) is 21.7. The average molecular weight is 461 g/mol. The highest BCUT2D eigenvalue weighted by Gasteiger charge is 2.18. The molecule has 0 aliphatic heterocycles. The van der Waals surface area contributed by atoms with Gasteiger partial charge in [0.05, 0.1) is 22.8 Å². The number of rotatable bonds is 5. The van der Waals surface area contributed by atoms with Crippen LogP contribution in [0.5, 0.6) is 0 Å². The van der Waals surface area contributed by atoms with Gasteiger partial charge in [0, 0.05) is 11.1 Å². The second-order valence-electron chi connectivity index (χ2n) is 7.52. The lowest BCUT2D eigenvalue weighted by atomic mass is 10.2. The molecule has 7 nitrogen and oxygen atoms in total. The first kappa shape index (κ1) is 20.8. The molecule has 0 aliphatic rings. The fourth-order valence-electron chi connectivity index (χ4n) is 3.61. The third-order valence-corrected chi connectivity index (χ3v) is 5.64. The number of benzene rings is 3. The molecule has 1 N–H and O–H groups in total. The molecule has 0 radical (unpaired) electrons. The number of anilines is 1. The van der Waals surface area contributed by atoms with E-state index in [1.54, 1.807) is 41.9 Å². The third kappa shape index (κ3) is 3.96. The molecule has 9 heteroatoms. The van der Waals surface area contributed by atoms with Crippen molar-refractivity contribution in [2.45, 2.75) is 13.5 Å². The number of halogens is 2. The fraction of sp³-hybridized carbons (Fsp3) is 0.0833. The maximum atomic E-state index is 14.3. The highest BCUT2D eigenvalue weighted by atomic mass is 35.5. The minimum absolute atomic E-state index is 0.240. The summed E-state index contributed by atoms with van der Waals surface area (Å²) in [4.78, 5) is 12.6. The van der Waals surface area contributed by atoms with Crippen LogP contribution in [0.2, 0.25) is 5.02 Å². The number of carbonyl (C=O) groups is 1. The van der Waals surface area contributed by atoms with Crippen molar-refractivity contribution in [1.82, 2.24) is 24.8 Å². The van der Waals surface area contributed by atoms with Gasteiger partial charge in [-0.15, -0.1) is 10.2 Å². The largest absolute Gasteiger partial charge is 0.306 e. The minimum Gasteiger partial charge on any atom is -0.306 e. The van der Waals surface area contributed by atoms with Gasteiger partial charge in [-0.25, -0.2) is 9.36 Å². The Morgan fingerprint density at radius 3 is 2.61 bits per heavy atom. The molecule has 0 spiro atoms. The van der Waals surface area contributed by atoms with Gasteiger partial charge in [0.15, 0.2) is 0 Å². The normalized spacial score (nSPS) is 11.1. The van der Waals surface area contributed by atoms with Crippen LogP contribution in [-0.4, -0.2) is 30.7 Å². The lowest BCUT2D eigenvalue weighted by Crippen LogP contribution is -2.16. The zero-order chi connectivity index (χ0) is 22.9. The molecule has 1 amide bonds. The van der Waals surface area contributed by atoms with E-state index in [1.165, 1.54) is 4.68 Å². The van der Waals surface area contributed by atoms with Gasteiger partial charge in [-0.3, -0.25) is 4.79 Å². The zero-order valence-electron chi connectivity index (χ0n) is 17.5. The number of hydrogen-bond donors (Lipinski definition) is 1. The van der Waals surface area contributed by atoms with Gasteiger partial charge in [0.1, 0.15) is 11.3 Å². The highest BCUT2D eigenvalue weighted by molar-refractivity contribution is 6.32. The standard InChI is InChI=1S/C24H18ClFN6O/c1-15-22(26)29-31(23(15)27-24(33)17-7-3-2-4-8-17)14-16-11-12-21-19(13-16)28-30-32(21)20-10-6-5-9-18(20)25/h2-13H,14H2,1H3,(H,27,33). The molecule has 2 aromatic heterocycles. The number of para-hydroxylation sites is 1. The van der Waals surface area contributed by atoms with Crippen LogP contribution in [0.1, 0.15) is 21.5 Å². The van der Waals surface area contributed by atoms with Gasteiger partial charge in [-0.05, 0) is 48.9 Å². The van der Waals surface area contributed by atoms with Crippen LogP contribution >= 0.6 is 11.6 Å². The molecule has 5 rings (SSSR count). The summed E-state index contributed by atoms with van der Waals surface area (Å²) < 4.78 is 17.4. The summed E-state index contributed by atoms with van der Waals surface area (Å²) in [6.07, 6.45) is 0. The van der Waals surface area contributed by atoms with Crippen LogP contribution in [0.25, 0.3) is 16.7 Å². The number of carbonyl (C=O) groups excluding carboxylic acids is 1. The summed E-state index contributed by atoms with van der Waals surface area (Å²) in [5.74, 6) is -0.664. The number of hydrogen-bond acceptors (Lipinski definition) is 4. The molecule has 5 aromatic rings. The van der Waals surface area contributed by atoms with E-state index in [1.807, 2.05) is 42.5 Å². The molecule has 0 aliphatic carbocycles. The van der Waals surface area contributed by atoms with E-state index in [0.29, 0.717) is 21.9 Å². The van der Waals surface area contributed by atoms with E-state index in [0.717, 1.165) is 16.8 Å². The minimum atomic E-state index is -0.635.